The Kier molecular flexibility index (Phi) is 2.97. The van der Waals surface area contributed by atoms with Crippen molar-refractivity contribution in [1.29, 1.82) is 0 Å². The lowest BCUT2D eigenvalue weighted by atomic mass is 10.1. The molecular formula is C11H6F3N5O3. The number of hydrogen-bond donors (Lipinski definition) is 1. The van der Waals surface area contributed by atoms with E-state index in [1.54, 1.807) is 0 Å². The minimum atomic E-state index is -4.68. The number of para-hydroxylation sites is 1. The maximum atomic E-state index is 13.1. The van der Waals surface area contributed by atoms with E-state index < -0.39 is 23.2 Å². The fraction of sp³-hybridized carbons (Fsp3) is 0.0909. The molecule has 0 aliphatic heterocycles. The van der Waals surface area contributed by atoms with Crippen LogP contribution in [0.3, 0.4) is 0 Å². The number of nitrogens with zero attached hydrogens (tertiary/aromatic N) is 4. The third kappa shape index (κ3) is 2.12. The predicted molar refractivity (Wildman–Crippen MR) is 64.8 cm³/mol. The molecule has 1 aromatic carbocycles. The molecule has 0 aliphatic rings. The summed E-state index contributed by atoms with van der Waals surface area (Å²) < 4.78 is 48.6. The number of nitrogen functional groups attached to an aromatic ring is 1. The molecule has 0 saturated carbocycles. The van der Waals surface area contributed by atoms with E-state index >= 15 is 0 Å². The molecule has 114 valence electrons. The number of rotatable bonds is 2. The average molecular weight is 313 g/mol. The van der Waals surface area contributed by atoms with E-state index in [1.807, 2.05) is 0 Å². The summed E-state index contributed by atoms with van der Waals surface area (Å²) in [6, 6.07) is 4.44. The SMILES string of the molecule is Nc1nonc1-c1noc(=O)n1-c1ccccc1C(F)(F)F. The van der Waals surface area contributed by atoms with Gasteiger partial charge < -0.3 is 5.73 Å². The maximum Gasteiger partial charge on any atom is 0.446 e. The Morgan fingerprint density at radius 1 is 1.14 bits per heavy atom. The fourth-order valence-corrected chi connectivity index (χ4v) is 1.87. The average Bonchev–Trinajstić information content (AvgIpc) is 3.03. The Bertz CT molecular complexity index is 879. The molecule has 0 amide bonds. The molecule has 8 nitrogen and oxygen atoms in total. The third-order valence-corrected chi connectivity index (χ3v) is 2.78. The molecule has 0 fully saturated rings. The first-order valence-corrected chi connectivity index (χ1v) is 5.73. The second kappa shape index (κ2) is 4.72. The quantitative estimate of drug-likeness (QED) is 0.762. The van der Waals surface area contributed by atoms with Gasteiger partial charge in [-0.1, -0.05) is 17.3 Å². The maximum absolute atomic E-state index is 13.1. The van der Waals surface area contributed by atoms with Gasteiger partial charge in [0.25, 0.3) is 0 Å². The smallest absolute Gasteiger partial charge is 0.379 e. The highest BCUT2D eigenvalue weighted by Gasteiger charge is 2.35. The molecule has 0 radical (unpaired) electrons. The van der Waals surface area contributed by atoms with Crippen molar-refractivity contribution < 1.29 is 22.3 Å². The van der Waals surface area contributed by atoms with Gasteiger partial charge in [-0.15, -0.1) is 0 Å². The Labute approximate surface area is 118 Å². The summed E-state index contributed by atoms with van der Waals surface area (Å²) in [4.78, 5) is 11.8. The van der Waals surface area contributed by atoms with E-state index in [1.165, 1.54) is 12.1 Å². The topological polar surface area (TPSA) is 113 Å². The number of halogens is 3. The summed E-state index contributed by atoms with van der Waals surface area (Å²) >= 11 is 0. The molecule has 22 heavy (non-hydrogen) atoms. The van der Waals surface area contributed by atoms with Gasteiger partial charge in [0, 0.05) is 0 Å². The minimum absolute atomic E-state index is 0.206. The van der Waals surface area contributed by atoms with Crippen LogP contribution >= 0.6 is 0 Å². The van der Waals surface area contributed by atoms with E-state index in [9.17, 15) is 18.0 Å². The summed E-state index contributed by atoms with van der Waals surface area (Å²) in [6.45, 7) is 0. The normalized spacial score (nSPS) is 11.8. The van der Waals surface area contributed by atoms with Gasteiger partial charge >= 0.3 is 11.9 Å². The fourth-order valence-electron chi connectivity index (χ4n) is 1.87. The van der Waals surface area contributed by atoms with Crippen LogP contribution in [0.25, 0.3) is 17.2 Å². The van der Waals surface area contributed by atoms with Crippen LogP contribution in [0.4, 0.5) is 19.0 Å². The number of anilines is 1. The first-order valence-electron chi connectivity index (χ1n) is 5.73. The summed E-state index contributed by atoms with van der Waals surface area (Å²) in [5.41, 5.74) is 3.74. The molecule has 0 bridgehead atoms. The first-order chi connectivity index (χ1) is 10.4. The Morgan fingerprint density at radius 2 is 1.86 bits per heavy atom. The molecule has 11 heteroatoms. The second-order valence-corrected chi connectivity index (χ2v) is 4.12. The second-order valence-electron chi connectivity index (χ2n) is 4.12. The minimum Gasteiger partial charge on any atom is -0.379 e. The van der Waals surface area contributed by atoms with Gasteiger partial charge in [0.05, 0.1) is 11.3 Å². The molecule has 0 atom stereocenters. The van der Waals surface area contributed by atoms with Gasteiger partial charge in [0.15, 0.2) is 11.5 Å². The van der Waals surface area contributed by atoms with Gasteiger partial charge in [0.1, 0.15) is 0 Å². The van der Waals surface area contributed by atoms with Gasteiger partial charge in [-0.2, -0.15) is 13.2 Å². The predicted octanol–water partition coefficient (Wildman–Crippen LogP) is 1.48. The van der Waals surface area contributed by atoms with Crippen molar-refractivity contribution in [2.75, 3.05) is 5.73 Å². The van der Waals surface area contributed by atoms with Crippen molar-refractivity contribution in [2.24, 2.45) is 0 Å². The van der Waals surface area contributed by atoms with Crippen LogP contribution in [-0.4, -0.2) is 20.0 Å². The van der Waals surface area contributed by atoms with Crippen LogP contribution in [0.1, 0.15) is 5.56 Å². The van der Waals surface area contributed by atoms with Crippen LogP contribution in [0.5, 0.6) is 0 Å². The van der Waals surface area contributed by atoms with Gasteiger partial charge in [-0.05, 0) is 22.4 Å². The third-order valence-electron chi connectivity index (χ3n) is 2.78. The number of nitrogens with two attached hydrogens (primary N) is 1. The van der Waals surface area contributed by atoms with Crippen molar-refractivity contribution in [1.82, 2.24) is 20.0 Å². The van der Waals surface area contributed by atoms with Gasteiger partial charge in [-0.3, -0.25) is 4.52 Å². The molecule has 2 aromatic heterocycles. The molecule has 0 aliphatic carbocycles. The summed E-state index contributed by atoms with van der Waals surface area (Å²) in [5.74, 6) is -1.72. The molecule has 2 N–H and O–H groups in total. The number of benzene rings is 1. The zero-order chi connectivity index (χ0) is 15.9. The van der Waals surface area contributed by atoms with Gasteiger partial charge in [0.2, 0.25) is 5.82 Å². The highest BCUT2D eigenvalue weighted by molar-refractivity contribution is 5.64. The van der Waals surface area contributed by atoms with Crippen molar-refractivity contribution in [3.8, 4) is 17.2 Å². The number of aromatic nitrogens is 4. The molecule has 2 heterocycles. The standard InChI is InChI=1S/C11H6F3N5O3/c12-11(13,14)5-3-1-2-4-6(5)19-9(18-21-10(19)20)7-8(15)17-22-16-7/h1-4H,(H2,15,17). The Hall–Kier alpha value is -3.11. The summed E-state index contributed by atoms with van der Waals surface area (Å²) in [5, 5.41) is 10.1. The molecule has 0 spiro atoms. The number of hydrogen-bond acceptors (Lipinski definition) is 7. The Balaban J connectivity index is 2.30. The van der Waals surface area contributed by atoms with E-state index in [0.717, 1.165) is 12.1 Å². The molecule has 3 rings (SSSR count). The summed E-state index contributed by atoms with van der Waals surface area (Å²) in [7, 11) is 0. The van der Waals surface area contributed by atoms with Crippen LogP contribution in [0.2, 0.25) is 0 Å². The lowest BCUT2D eigenvalue weighted by Crippen LogP contribution is -2.19. The van der Waals surface area contributed by atoms with Crippen LogP contribution in [-0.2, 0) is 6.18 Å². The van der Waals surface area contributed by atoms with Crippen molar-refractivity contribution in [3.63, 3.8) is 0 Å². The highest BCUT2D eigenvalue weighted by Crippen LogP contribution is 2.34. The monoisotopic (exact) mass is 313 g/mol. The van der Waals surface area contributed by atoms with Gasteiger partial charge in [-0.25, -0.2) is 14.0 Å². The molecular weight excluding hydrogens is 307 g/mol. The zero-order valence-corrected chi connectivity index (χ0v) is 10.5. The molecule has 0 unspecified atom stereocenters. The number of alkyl halides is 3. The lowest BCUT2D eigenvalue weighted by Gasteiger charge is -2.12. The van der Waals surface area contributed by atoms with Crippen molar-refractivity contribution in [3.05, 3.63) is 40.4 Å². The first kappa shape index (κ1) is 13.9. The lowest BCUT2D eigenvalue weighted by molar-refractivity contribution is -0.137. The van der Waals surface area contributed by atoms with E-state index in [2.05, 4.69) is 24.6 Å². The summed E-state index contributed by atoms with van der Waals surface area (Å²) in [6.07, 6.45) is -4.68. The van der Waals surface area contributed by atoms with E-state index in [4.69, 9.17) is 5.73 Å². The highest BCUT2D eigenvalue weighted by atomic mass is 19.4. The van der Waals surface area contributed by atoms with Crippen molar-refractivity contribution in [2.45, 2.75) is 6.18 Å². The molecule has 3 aromatic rings. The van der Waals surface area contributed by atoms with Crippen molar-refractivity contribution >= 4 is 5.82 Å². The largest absolute Gasteiger partial charge is 0.446 e. The molecule has 0 saturated heterocycles. The van der Waals surface area contributed by atoms with Crippen LogP contribution in [0, 0.1) is 0 Å². The van der Waals surface area contributed by atoms with E-state index in [0.29, 0.717) is 4.57 Å². The van der Waals surface area contributed by atoms with Crippen LogP contribution < -0.4 is 11.5 Å². The zero-order valence-electron chi connectivity index (χ0n) is 10.5. The van der Waals surface area contributed by atoms with Crippen LogP contribution in [0.15, 0.2) is 38.2 Å². The van der Waals surface area contributed by atoms with E-state index in [-0.39, 0.29) is 17.3 Å². The Morgan fingerprint density at radius 3 is 2.50 bits per heavy atom.